The molecular weight excluding hydrogens is 247 g/mol. The molecule has 0 heterocycles. The maximum absolute atomic E-state index is 13.7. The van der Waals surface area contributed by atoms with E-state index in [0.717, 1.165) is 6.07 Å². The Morgan fingerprint density at radius 2 is 2.11 bits per heavy atom. The predicted octanol–water partition coefficient (Wildman–Crippen LogP) is 1.98. The van der Waals surface area contributed by atoms with Crippen LogP contribution in [0.5, 0.6) is 5.75 Å². The molecule has 1 aromatic carbocycles. The fourth-order valence-electron chi connectivity index (χ4n) is 1.76. The summed E-state index contributed by atoms with van der Waals surface area (Å²) in [4.78, 5) is 13.8. The van der Waals surface area contributed by atoms with Crippen LogP contribution in [-0.4, -0.2) is 35.5 Å². The van der Waals surface area contributed by atoms with E-state index in [2.05, 4.69) is 0 Å². The van der Waals surface area contributed by atoms with Gasteiger partial charge < -0.3 is 15.7 Å². The van der Waals surface area contributed by atoms with Crippen LogP contribution in [0.1, 0.15) is 31.1 Å². The average molecular weight is 268 g/mol. The van der Waals surface area contributed by atoms with E-state index in [-0.39, 0.29) is 22.6 Å². The Morgan fingerprint density at radius 3 is 2.58 bits per heavy atom. The zero-order chi connectivity index (χ0) is 14.6. The van der Waals surface area contributed by atoms with Crippen LogP contribution in [-0.2, 0) is 0 Å². The highest BCUT2D eigenvalue weighted by atomic mass is 19.1. The molecule has 1 rings (SSSR count). The number of amides is 1. The van der Waals surface area contributed by atoms with Crippen LogP contribution in [0, 0.1) is 11.2 Å². The molecule has 19 heavy (non-hydrogen) atoms. The lowest BCUT2D eigenvalue weighted by molar-refractivity contribution is 0.0696. The molecule has 0 saturated carbocycles. The van der Waals surface area contributed by atoms with Gasteiger partial charge in [-0.2, -0.15) is 0 Å². The number of phenols is 1. The summed E-state index contributed by atoms with van der Waals surface area (Å²) in [7, 11) is 0. The normalized spacial score (nSPS) is 11.4. The van der Waals surface area contributed by atoms with E-state index in [4.69, 9.17) is 10.8 Å². The molecule has 0 aromatic heterocycles. The fraction of sp³-hybridized carbons (Fsp3) is 0.500. The largest absolute Gasteiger partial charge is 0.508 e. The van der Waals surface area contributed by atoms with Crippen molar-refractivity contribution in [1.29, 1.82) is 0 Å². The zero-order valence-corrected chi connectivity index (χ0v) is 11.6. The maximum Gasteiger partial charge on any atom is 0.256 e. The zero-order valence-electron chi connectivity index (χ0n) is 11.6. The molecule has 4 nitrogen and oxygen atoms in total. The van der Waals surface area contributed by atoms with Gasteiger partial charge in [0.1, 0.15) is 11.6 Å². The summed E-state index contributed by atoms with van der Waals surface area (Å²) >= 11 is 0. The minimum absolute atomic E-state index is 0.0347. The van der Waals surface area contributed by atoms with Crippen LogP contribution in [0.15, 0.2) is 18.2 Å². The number of nitrogens with zero attached hydrogens (tertiary/aromatic N) is 1. The first-order chi connectivity index (χ1) is 8.80. The smallest absolute Gasteiger partial charge is 0.256 e. The van der Waals surface area contributed by atoms with Crippen molar-refractivity contribution in [3.8, 4) is 5.75 Å². The number of aromatic hydroxyl groups is 1. The van der Waals surface area contributed by atoms with E-state index in [1.54, 1.807) is 4.90 Å². The molecule has 0 spiro atoms. The van der Waals surface area contributed by atoms with Crippen molar-refractivity contribution in [3.05, 3.63) is 29.6 Å². The van der Waals surface area contributed by atoms with Crippen LogP contribution < -0.4 is 5.73 Å². The fourth-order valence-corrected chi connectivity index (χ4v) is 1.76. The van der Waals surface area contributed by atoms with Gasteiger partial charge in [-0.1, -0.05) is 13.8 Å². The number of nitrogens with two attached hydrogens (primary N) is 1. The molecule has 0 fully saturated rings. The van der Waals surface area contributed by atoms with Crippen molar-refractivity contribution in [2.75, 3.05) is 19.6 Å². The molecule has 0 saturated heterocycles. The molecule has 106 valence electrons. The van der Waals surface area contributed by atoms with Gasteiger partial charge in [0.05, 0.1) is 5.56 Å². The molecule has 0 bridgehead atoms. The number of benzene rings is 1. The van der Waals surface area contributed by atoms with E-state index in [0.29, 0.717) is 19.6 Å². The van der Waals surface area contributed by atoms with Crippen molar-refractivity contribution < 1.29 is 14.3 Å². The highest BCUT2D eigenvalue weighted by Gasteiger charge is 2.25. The lowest BCUT2D eigenvalue weighted by Crippen LogP contribution is -2.42. The standard InChI is InChI=1S/C14H21FN2O2/c1-4-17(9-14(2,3)8-16)13(19)11-6-5-10(18)7-12(11)15/h5-7,18H,4,8-9,16H2,1-3H3. The molecule has 0 atom stereocenters. The molecule has 3 N–H and O–H groups in total. The van der Waals surface area contributed by atoms with Gasteiger partial charge in [-0.05, 0) is 31.0 Å². The molecule has 0 radical (unpaired) electrons. The molecule has 1 aromatic rings. The first kappa shape index (κ1) is 15.4. The first-order valence-corrected chi connectivity index (χ1v) is 6.28. The number of hydrogen-bond donors (Lipinski definition) is 2. The summed E-state index contributed by atoms with van der Waals surface area (Å²) in [5, 5.41) is 9.16. The topological polar surface area (TPSA) is 66.6 Å². The summed E-state index contributed by atoms with van der Waals surface area (Å²) in [6.07, 6.45) is 0. The number of phenolic OH excluding ortho intramolecular Hbond substituents is 1. The molecule has 0 aliphatic heterocycles. The van der Waals surface area contributed by atoms with Crippen molar-refractivity contribution >= 4 is 5.91 Å². The third-order valence-corrected chi connectivity index (χ3v) is 3.02. The number of rotatable bonds is 5. The van der Waals surface area contributed by atoms with Gasteiger partial charge in [0.25, 0.3) is 5.91 Å². The highest BCUT2D eigenvalue weighted by Crippen LogP contribution is 2.20. The second-order valence-electron chi connectivity index (χ2n) is 5.35. The lowest BCUT2D eigenvalue weighted by Gasteiger charge is -2.31. The van der Waals surface area contributed by atoms with Crippen LogP contribution in [0.4, 0.5) is 4.39 Å². The quantitative estimate of drug-likeness (QED) is 0.858. The van der Waals surface area contributed by atoms with Crippen molar-refractivity contribution in [2.24, 2.45) is 11.1 Å². The third-order valence-electron chi connectivity index (χ3n) is 3.02. The van der Waals surface area contributed by atoms with E-state index < -0.39 is 5.82 Å². The molecule has 5 heteroatoms. The molecule has 0 unspecified atom stereocenters. The van der Waals surface area contributed by atoms with Gasteiger partial charge >= 0.3 is 0 Å². The number of carbonyl (C=O) groups is 1. The van der Waals surface area contributed by atoms with Gasteiger partial charge in [0.15, 0.2) is 0 Å². The van der Waals surface area contributed by atoms with Gasteiger partial charge in [-0.15, -0.1) is 0 Å². The summed E-state index contributed by atoms with van der Waals surface area (Å²) in [5.74, 6) is -1.30. The van der Waals surface area contributed by atoms with Crippen LogP contribution >= 0.6 is 0 Å². The highest BCUT2D eigenvalue weighted by molar-refractivity contribution is 5.94. The monoisotopic (exact) mass is 268 g/mol. The Balaban J connectivity index is 2.96. The van der Waals surface area contributed by atoms with Gasteiger partial charge in [0.2, 0.25) is 0 Å². The molecule has 0 aliphatic carbocycles. The number of carbonyl (C=O) groups excluding carboxylic acids is 1. The SMILES string of the molecule is CCN(CC(C)(C)CN)C(=O)c1ccc(O)cc1F. The summed E-state index contributed by atoms with van der Waals surface area (Å²) in [6.45, 7) is 7.12. The number of hydrogen-bond acceptors (Lipinski definition) is 3. The van der Waals surface area contributed by atoms with E-state index in [9.17, 15) is 9.18 Å². The summed E-state index contributed by atoms with van der Waals surface area (Å²) in [5.41, 5.74) is 5.39. The van der Waals surface area contributed by atoms with Crippen LogP contribution in [0.25, 0.3) is 0 Å². The van der Waals surface area contributed by atoms with Crippen LogP contribution in [0.2, 0.25) is 0 Å². The van der Waals surface area contributed by atoms with Gasteiger partial charge in [-0.3, -0.25) is 4.79 Å². The van der Waals surface area contributed by atoms with Crippen molar-refractivity contribution in [2.45, 2.75) is 20.8 Å². The first-order valence-electron chi connectivity index (χ1n) is 6.28. The van der Waals surface area contributed by atoms with Crippen molar-refractivity contribution in [1.82, 2.24) is 4.90 Å². The average Bonchev–Trinajstić information content (AvgIpc) is 2.35. The van der Waals surface area contributed by atoms with Crippen LogP contribution in [0.3, 0.4) is 0 Å². The number of halogens is 1. The minimum Gasteiger partial charge on any atom is -0.508 e. The van der Waals surface area contributed by atoms with E-state index >= 15 is 0 Å². The Labute approximate surface area is 113 Å². The molecule has 0 aliphatic rings. The third kappa shape index (κ3) is 3.92. The van der Waals surface area contributed by atoms with E-state index in [1.807, 2.05) is 20.8 Å². The minimum atomic E-state index is -0.714. The molecular formula is C14H21FN2O2. The van der Waals surface area contributed by atoms with E-state index in [1.165, 1.54) is 12.1 Å². The van der Waals surface area contributed by atoms with Crippen molar-refractivity contribution in [3.63, 3.8) is 0 Å². The molecule has 1 amide bonds. The maximum atomic E-state index is 13.7. The Hall–Kier alpha value is -1.62. The second-order valence-corrected chi connectivity index (χ2v) is 5.35. The second kappa shape index (κ2) is 6.02. The summed E-state index contributed by atoms with van der Waals surface area (Å²) in [6, 6.07) is 3.54. The Morgan fingerprint density at radius 1 is 1.47 bits per heavy atom. The Kier molecular flexibility index (Phi) is 4.89. The van der Waals surface area contributed by atoms with Gasteiger partial charge in [-0.25, -0.2) is 4.39 Å². The van der Waals surface area contributed by atoms with Gasteiger partial charge in [0, 0.05) is 19.2 Å². The summed E-state index contributed by atoms with van der Waals surface area (Å²) < 4.78 is 13.7. The predicted molar refractivity (Wildman–Crippen MR) is 72.5 cm³/mol. The Bertz CT molecular complexity index is 461. The lowest BCUT2D eigenvalue weighted by atomic mass is 9.93.